The molecule has 0 aliphatic carbocycles. The standard InChI is InChI=1S/C15H14ClO2/c1-2-16-18-15(17)14-10-8-13(9-11-14)12-6-4-3-5-7-12/h3-11H,2H2,1H3/q+1. The normalized spacial score (nSPS) is 10.1. The number of carbonyl (C=O) groups is 1. The van der Waals surface area contributed by atoms with Crippen LogP contribution in [-0.4, -0.2) is 11.8 Å². The molecule has 2 aromatic rings. The molecular formula is C15H14ClO2+. The maximum atomic E-state index is 11.6. The Morgan fingerprint density at radius 3 is 2.22 bits per heavy atom. The van der Waals surface area contributed by atoms with Crippen LogP contribution in [0.3, 0.4) is 0 Å². The molecule has 3 heteroatoms. The van der Waals surface area contributed by atoms with E-state index in [-0.39, 0.29) is 5.97 Å². The zero-order chi connectivity index (χ0) is 12.8. The predicted molar refractivity (Wildman–Crippen MR) is 67.8 cm³/mol. The van der Waals surface area contributed by atoms with Crippen molar-refractivity contribution in [1.82, 2.24) is 0 Å². The van der Waals surface area contributed by atoms with E-state index in [9.17, 15) is 4.79 Å². The third kappa shape index (κ3) is 3.11. The fourth-order valence-corrected chi connectivity index (χ4v) is 1.88. The summed E-state index contributed by atoms with van der Waals surface area (Å²) in [7, 11) is 0. The average molecular weight is 262 g/mol. The molecule has 0 spiro atoms. The van der Waals surface area contributed by atoms with Crippen LogP contribution in [0.15, 0.2) is 54.6 Å². The van der Waals surface area contributed by atoms with Crippen molar-refractivity contribution in [2.24, 2.45) is 0 Å². The number of alkyl halides is 1. The van der Waals surface area contributed by atoms with E-state index in [1.807, 2.05) is 49.4 Å². The molecular weight excluding hydrogens is 248 g/mol. The molecule has 0 aliphatic heterocycles. The highest BCUT2D eigenvalue weighted by Crippen LogP contribution is 2.19. The summed E-state index contributed by atoms with van der Waals surface area (Å²) in [4.78, 5) is 11.6. The molecule has 0 fully saturated rings. The molecule has 0 saturated heterocycles. The Kier molecular flexibility index (Phi) is 4.37. The van der Waals surface area contributed by atoms with Crippen LogP contribution in [0.5, 0.6) is 0 Å². The summed E-state index contributed by atoms with van der Waals surface area (Å²) < 4.78 is 4.94. The Bertz CT molecular complexity index is 506. The highest BCUT2D eigenvalue weighted by Gasteiger charge is 2.15. The van der Waals surface area contributed by atoms with Crippen molar-refractivity contribution in [3.8, 4) is 11.1 Å². The second-order valence-electron chi connectivity index (χ2n) is 3.68. The van der Waals surface area contributed by atoms with E-state index < -0.39 is 0 Å². The average Bonchev–Trinajstić information content (AvgIpc) is 2.46. The lowest BCUT2D eigenvalue weighted by atomic mass is 10.0. The highest BCUT2D eigenvalue weighted by molar-refractivity contribution is 5.89. The topological polar surface area (TPSA) is 26.3 Å². The van der Waals surface area contributed by atoms with Crippen LogP contribution >= 0.6 is 0 Å². The molecule has 0 bridgehead atoms. The van der Waals surface area contributed by atoms with E-state index in [2.05, 4.69) is 0 Å². The number of benzene rings is 2. The van der Waals surface area contributed by atoms with Crippen molar-refractivity contribution in [1.29, 1.82) is 0 Å². The first kappa shape index (κ1) is 12.7. The van der Waals surface area contributed by atoms with Gasteiger partial charge in [-0.05, 0) is 30.2 Å². The van der Waals surface area contributed by atoms with Crippen LogP contribution in [0.4, 0.5) is 0 Å². The van der Waals surface area contributed by atoms with Gasteiger partial charge in [0.2, 0.25) is 5.88 Å². The van der Waals surface area contributed by atoms with Crippen LogP contribution in [0, 0.1) is 11.1 Å². The molecule has 0 radical (unpaired) electrons. The Labute approximate surface area is 110 Å². The molecule has 0 saturated carbocycles. The van der Waals surface area contributed by atoms with Gasteiger partial charge in [0.1, 0.15) is 0 Å². The van der Waals surface area contributed by atoms with Crippen LogP contribution in [0.1, 0.15) is 17.3 Å². The minimum absolute atomic E-state index is 0.315. The lowest BCUT2D eigenvalue weighted by Crippen LogP contribution is -2.04. The van der Waals surface area contributed by atoms with Crippen molar-refractivity contribution in [2.45, 2.75) is 6.92 Å². The van der Waals surface area contributed by atoms with Crippen LogP contribution in [-0.2, 0) is 4.29 Å². The fraction of sp³-hybridized carbons (Fsp3) is 0.133. The van der Waals surface area contributed by atoms with Gasteiger partial charge in [0, 0.05) is 0 Å². The quantitative estimate of drug-likeness (QED) is 0.787. The molecule has 92 valence electrons. The third-order valence-electron chi connectivity index (χ3n) is 2.46. The second-order valence-corrected chi connectivity index (χ2v) is 4.59. The molecule has 0 atom stereocenters. The van der Waals surface area contributed by atoms with E-state index in [1.165, 1.54) is 0 Å². The van der Waals surface area contributed by atoms with Crippen molar-refractivity contribution in [3.05, 3.63) is 60.2 Å². The van der Waals surface area contributed by atoms with Gasteiger partial charge in [-0.3, -0.25) is 0 Å². The zero-order valence-corrected chi connectivity index (χ0v) is 10.9. The first-order valence-electron chi connectivity index (χ1n) is 5.77. The molecule has 0 aromatic heterocycles. The van der Waals surface area contributed by atoms with E-state index in [0.29, 0.717) is 11.4 Å². The number of hydrogen-bond acceptors (Lipinski definition) is 2. The van der Waals surface area contributed by atoms with Crippen LogP contribution < -0.4 is 0 Å². The van der Waals surface area contributed by atoms with Gasteiger partial charge in [-0.2, -0.15) is 4.29 Å². The Morgan fingerprint density at radius 2 is 1.61 bits per heavy atom. The fourth-order valence-electron chi connectivity index (χ4n) is 1.58. The molecule has 0 unspecified atom stereocenters. The summed E-state index contributed by atoms with van der Waals surface area (Å²) in [6, 6.07) is 17.5. The number of hydrogen-bond donors (Lipinski definition) is 0. The first-order valence-corrected chi connectivity index (χ1v) is 6.61. The van der Waals surface area contributed by atoms with E-state index >= 15 is 0 Å². The van der Waals surface area contributed by atoms with E-state index in [1.54, 1.807) is 23.2 Å². The zero-order valence-electron chi connectivity index (χ0n) is 10.1. The number of carbonyl (C=O) groups excluding carboxylic acids is 1. The third-order valence-corrected chi connectivity index (χ3v) is 2.93. The lowest BCUT2D eigenvalue weighted by Gasteiger charge is -2.01. The van der Waals surface area contributed by atoms with Gasteiger partial charge in [-0.25, -0.2) is 4.79 Å². The number of rotatable bonds is 4. The van der Waals surface area contributed by atoms with Crippen molar-refractivity contribution >= 4 is 5.97 Å². The molecule has 18 heavy (non-hydrogen) atoms. The molecule has 2 nitrogen and oxygen atoms in total. The van der Waals surface area contributed by atoms with Gasteiger partial charge >= 0.3 is 17.0 Å². The van der Waals surface area contributed by atoms with E-state index in [0.717, 1.165) is 11.1 Å². The highest BCUT2D eigenvalue weighted by atomic mass is 35.5. The maximum Gasteiger partial charge on any atom is 0.406 e. The number of halogens is 1. The SMILES string of the molecule is CC[Cl+]OC(=O)c1ccc(-c2ccccc2)cc1. The van der Waals surface area contributed by atoms with Gasteiger partial charge in [0.15, 0.2) is 0 Å². The Balaban J connectivity index is 2.13. The first-order chi connectivity index (χ1) is 8.81. The minimum Gasteiger partial charge on any atom is -0.239 e. The molecule has 0 N–H and O–H groups in total. The molecule has 2 rings (SSSR count). The Hall–Kier alpha value is -1.80. The maximum absolute atomic E-state index is 11.6. The van der Waals surface area contributed by atoms with Gasteiger partial charge in [0.05, 0.1) is 5.56 Å². The summed E-state index contributed by atoms with van der Waals surface area (Å²) in [5.74, 6) is 0.387. The van der Waals surface area contributed by atoms with Gasteiger partial charge in [0.25, 0.3) is 0 Å². The summed E-state index contributed by atoms with van der Waals surface area (Å²) in [6.07, 6.45) is 0. The minimum atomic E-state index is -0.315. The van der Waals surface area contributed by atoms with Gasteiger partial charge in [-0.1, -0.05) is 42.5 Å². The Morgan fingerprint density at radius 1 is 1.00 bits per heavy atom. The van der Waals surface area contributed by atoms with Crippen molar-refractivity contribution in [2.75, 3.05) is 5.88 Å². The smallest absolute Gasteiger partial charge is 0.239 e. The second kappa shape index (κ2) is 6.22. The van der Waals surface area contributed by atoms with E-state index in [4.69, 9.17) is 4.29 Å². The molecule has 0 aliphatic rings. The van der Waals surface area contributed by atoms with Crippen molar-refractivity contribution < 1.29 is 20.1 Å². The van der Waals surface area contributed by atoms with Gasteiger partial charge < -0.3 is 0 Å². The summed E-state index contributed by atoms with van der Waals surface area (Å²) in [5.41, 5.74) is 2.79. The summed E-state index contributed by atoms with van der Waals surface area (Å²) in [6.45, 7) is 1.92. The predicted octanol–water partition coefficient (Wildman–Crippen LogP) is 3.53. The van der Waals surface area contributed by atoms with Crippen LogP contribution in [0.2, 0.25) is 0 Å². The van der Waals surface area contributed by atoms with Gasteiger partial charge in [-0.15, -0.1) is 0 Å². The lowest BCUT2D eigenvalue weighted by molar-refractivity contribution is -0.868. The molecule has 0 amide bonds. The molecule has 0 heterocycles. The largest absolute Gasteiger partial charge is 0.406 e. The van der Waals surface area contributed by atoms with Crippen LogP contribution in [0.25, 0.3) is 11.1 Å². The van der Waals surface area contributed by atoms with Crippen molar-refractivity contribution in [3.63, 3.8) is 0 Å². The summed E-state index contributed by atoms with van der Waals surface area (Å²) >= 11 is 1.62. The summed E-state index contributed by atoms with van der Waals surface area (Å²) in [5, 5.41) is 0. The molecule has 2 aromatic carbocycles. The monoisotopic (exact) mass is 261 g/mol.